The number of hydrogen-bond donors (Lipinski definition) is 3. The zero-order chi connectivity index (χ0) is 17.5. The Morgan fingerprint density at radius 1 is 0.889 bits per heavy atom. The number of hydrogen-bond acceptors (Lipinski definition) is 3. The summed E-state index contributed by atoms with van der Waals surface area (Å²) in [5.41, 5.74) is 6.48. The fourth-order valence-electron chi connectivity index (χ4n) is 6.49. The molecule has 0 radical (unpaired) electrons. The summed E-state index contributed by atoms with van der Waals surface area (Å²) in [6, 6.07) is 11.6. The molecule has 0 amide bonds. The summed E-state index contributed by atoms with van der Waals surface area (Å²) >= 11 is 0. The van der Waals surface area contributed by atoms with E-state index < -0.39 is 0 Å². The van der Waals surface area contributed by atoms with Gasteiger partial charge in [0.2, 0.25) is 0 Å². The summed E-state index contributed by atoms with van der Waals surface area (Å²) < 4.78 is 0. The molecule has 134 valence electrons. The highest BCUT2D eigenvalue weighted by Crippen LogP contribution is 2.64. The highest BCUT2D eigenvalue weighted by atomic mass is 15.1. The average molecular weight is 355 g/mol. The van der Waals surface area contributed by atoms with Crippen molar-refractivity contribution >= 4 is 27.5 Å². The molecule has 2 fully saturated rings. The zero-order valence-electron chi connectivity index (χ0n) is 14.9. The van der Waals surface area contributed by atoms with Crippen LogP contribution < -0.4 is 5.32 Å². The number of H-pyrrole nitrogens is 2. The van der Waals surface area contributed by atoms with Crippen molar-refractivity contribution in [2.45, 2.75) is 31.2 Å². The van der Waals surface area contributed by atoms with Gasteiger partial charge in [0, 0.05) is 16.5 Å². The molecule has 4 aromatic rings. The first kappa shape index (κ1) is 14.3. The largest absolute Gasteiger partial charge is 0.378 e. The van der Waals surface area contributed by atoms with E-state index in [9.17, 15) is 0 Å². The Kier molecular flexibility index (Phi) is 2.60. The number of nitrogens with one attached hydrogen (secondary N) is 3. The minimum absolute atomic E-state index is 0.370. The predicted octanol–water partition coefficient (Wildman–Crippen LogP) is 4.74. The van der Waals surface area contributed by atoms with E-state index in [1.165, 1.54) is 46.8 Å². The first-order valence-electron chi connectivity index (χ1n) is 10.0. The maximum absolute atomic E-state index is 4.33. The normalized spacial score (nSPS) is 31.2. The third-order valence-corrected chi connectivity index (χ3v) is 7.50. The maximum atomic E-state index is 4.33. The van der Waals surface area contributed by atoms with Gasteiger partial charge in [-0.2, -0.15) is 10.2 Å². The Morgan fingerprint density at radius 3 is 2.78 bits per heavy atom. The lowest BCUT2D eigenvalue weighted by Gasteiger charge is -2.43. The van der Waals surface area contributed by atoms with E-state index in [-0.39, 0.29) is 0 Å². The van der Waals surface area contributed by atoms with Crippen LogP contribution in [0.3, 0.4) is 0 Å². The molecule has 7 rings (SSSR count). The van der Waals surface area contributed by atoms with Gasteiger partial charge in [0.05, 0.1) is 29.5 Å². The highest BCUT2D eigenvalue weighted by Gasteiger charge is 2.54. The lowest BCUT2D eigenvalue weighted by molar-refractivity contribution is 0.249. The quantitative estimate of drug-likeness (QED) is 0.462. The van der Waals surface area contributed by atoms with Crippen LogP contribution in [0.5, 0.6) is 0 Å². The minimum atomic E-state index is 0.370. The molecule has 5 atom stereocenters. The van der Waals surface area contributed by atoms with E-state index in [1.807, 2.05) is 12.4 Å². The molecule has 2 unspecified atom stereocenters. The number of aromatic nitrogens is 4. The van der Waals surface area contributed by atoms with Crippen molar-refractivity contribution in [1.82, 2.24) is 20.4 Å². The molecule has 27 heavy (non-hydrogen) atoms. The molecule has 1 aliphatic heterocycles. The summed E-state index contributed by atoms with van der Waals surface area (Å²) in [4.78, 5) is 0. The summed E-state index contributed by atoms with van der Waals surface area (Å²) in [5.74, 6) is 2.95. The van der Waals surface area contributed by atoms with Crippen molar-refractivity contribution in [3.05, 3.63) is 53.9 Å². The van der Waals surface area contributed by atoms with Gasteiger partial charge >= 0.3 is 0 Å². The Bertz CT molecular complexity index is 1190. The van der Waals surface area contributed by atoms with E-state index in [1.54, 1.807) is 0 Å². The van der Waals surface area contributed by atoms with Crippen LogP contribution in [0, 0.1) is 17.8 Å². The number of fused-ring (bicyclic) bond motifs is 10. The van der Waals surface area contributed by atoms with Crippen LogP contribution in [0.25, 0.3) is 21.8 Å². The number of benzene rings is 2. The van der Waals surface area contributed by atoms with Crippen molar-refractivity contribution in [3.8, 4) is 0 Å². The molecule has 5 heteroatoms. The molecule has 2 bridgehead atoms. The van der Waals surface area contributed by atoms with Crippen LogP contribution in [0.15, 0.2) is 42.7 Å². The SMILES string of the molecule is c1cc2cn[nH]c2cc1[C@@H]1Nc2ccc3[nH]ncc3c2[C@H]2C3CCC(C3)[C@@H]12. The molecule has 0 spiro atoms. The van der Waals surface area contributed by atoms with Gasteiger partial charge in [-0.25, -0.2) is 0 Å². The van der Waals surface area contributed by atoms with E-state index in [0.717, 1.165) is 22.9 Å². The van der Waals surface area contributed by atoms with Gasteiger partial charge in [0.15, 0.2) is 0 Å². The third kappa shape index (κ3) is 1.79. The Hall–Kier alpha value is -2.82. The van der Waals surface area contributed by atoms with Gasteiger partial charge in [0.1, 0.15) is 0 Å². The molecule has 0 saturated heterocycles. The van der Waals surface area contributed by atoms with Crippen LogP contribution in [0.2, 0.25) is 0 Å². The summed E-state index contributed by atoms with van der Waals surface area (Å²) in [5, 5.41) is 21.3. The molecule has 2 aliphatic carbocycles. The standard InChI is InChI=1S/C22H21N5/c1-2-12-7-11(1)19-20(12)22(13-3-4-14-9-23-27-18(14)8-13)25-17-6-5-16-15(21(17)19)10-24-26-16/h3-6,8-12,19-20,22,25H,1-2,7H2,(H,23,27)(H,24,26)/t11?,12?,19-,20+,22-/m0/s1. The third-order valence-electron chi connectivity index (χ3n) is 7.50. The van der Waals surface area contributed by atoms with Gasteiger partial charge in [0.25, 0.3) is 0 Å². The monoisotopic (exact) mass is 355 g/mol. The molecule has 2 aromatic heterocycles. The van der Waals surface area contributed by atoms with Gasteiger partial charge in [-0.1, -0.05) is 12.1 Å². The number of nitrogens with zero attached hydrogens (tertiary/aromatic N) is 2. The molecule has 3 heterocycles. The van der Waals surface area contributed by atoms with E-state index in [4.69, 9.17) is 0 Å². The first-order valence-corrected chi connectivity index (χ1v) is 10.0. The minimum Gasteiger partial charge on any atom is -0.378 e. The number of anilines is 1. The molecule has 3 N–H and O–H groups in total. The van der Waals surface area contributed by atoms with Crippen LogP contribution in [-0.2, 0) is 0 Å². The fourth-order valence-corrected chi connectivity index (χ4v) is 6.49. The molecule has 2 aromatic carbocycles. The van der Waals surface area contributed by atoms with Gasteiger partial charge in [-0.3, -0.25) is 10.2 Å². The van der Waals surface area contributed by atoms with Crippen molar-refractivity contribution in [3.63, 3.8) is 0 Å². The van der Waals surface area contributed by atoms with Gasteiger partial charge < -0.3 is 5.32 Å². The fraction of sp³-hybridized carbons (Fsp3) is 0.364. The number of rotatable bonds is 1. The van der Waals surface area contributed by atoms with Crippen molar-refractivity contribution in [1.29, 1.82) is 0 Å². The second kappa shape index (κ2) is 4.91. The van der Waals surface area contributed by atoms with Crippen molar-refractivity contribution in [2.75, 3.05) is 5.32 Å². The van der Waals surface area contributed by atoms with Crippen molar-refractivity contribution in [2.24, 2.45) is 17.8 Å². The van der Waals surface area contributed by atoms with E-state index in [2.05, 4.69) is 56.0 Å². The topological polar surface area (TPSA) is 69.4 Å². The molecular weight excluding hydrogens is 334 g/mol. The summed E-state index contributed by atoms with van der Waals surface area (Å²) in [7, 11) is 0. The second-order valence-electron chi connectivity index (χ2n) is 8.63. The Labute approximate surface area is 156 Å². The van der Waals surface area contributed by atoms with Crippen LogP contribution in [-0.4, -0.2) is 20.4 Å². The lowest BCUT2D eigenvalue weighted by Crippen LogP contribution is -2.35. The van der Waals surface area contributed by atoms with E-state index in [0.29, 0.717) is 17.9 Å². The van der Waals surface area contributed by atoms with Crippen molar-refractivity contribution < 1.29 is 0 Å². The number of aromatic amines is 2. The van der Waals surface area contributed by atoms with Crippen LogP contribution >= 0.6 is 0 Å². The molecular formula is C22H21N5. The Balaban J connectivity index is 1.44. The van der Waals surface area contributed by atoms with Gasteiger partial charge in [-0.15, -0.1) is 0 Å². The smallest absolute Gasteiger partial charge is 0.0654 e. The second-order valence-corrected chi connectivity index (χ2v) is 8.63. The lowest BCUT2D eigenvalue weighted by atomic mass is 9.67. The van der Waals surface area contributed by atoms with Crippen LogP contribution in [0.4, 0.5) is 5.69 Å². The average Bonchev–Trinajstić information content (AvgIpc) is 3.49. The van der Waals surface area contributed by atoms with Gasteiger partial charge in [-0.05, 0) is 72.3 Å². The zero-order valence-corrected chi connectivity index (χ0v) is 14.9. The molecule has 3 aliphatic rings. The highest BCUT2D eigenvalue weighted by molar-refractivity contribution is 5.89. The molecule has 5 nitrogen and oxygen atoms in total. The summed E-state index contributed by atoms with van der Waals surface area (Å²) in [6.07, 6.45) is 8.07. The first-order chi connectivity index (χ1) is 13.4. The predicted molar refractivity (Wildman–Crippen MR) is 106 cm³/mol. The molecule has 2 saturated carbocycles. The van der Waals surface area contributed by atoms with E-state index >= 15 is 0 Å². The maximum Gasteiger partial charge on any atom is 0.0654 e. The Morgan fingerprint density at radius 2 is 1.78 bits per heavy atom. The van der Waals surface area contributed by atoms with Crippen LogP contribution in [0.1, 0.15) is 42.3 Å². The summed E-state index contributed by atoms with van der Waals surface area (Å²) in [6.45, 7) is 0.